The summed E-state index contributed by atoms with van der Waals surface area (Å²) in [7, 11) is 1.29. The van der Waals surface area contributed by atoms with Gasteiger partial charge in [0.15, 0.2) is 0 Å². The first-order valence-corrected chi connectivity index (χ1v) is 14.8. The van der Waals surface area contributed by atoms with Crippen molar-refractivity contribution < 1.29 is 42.9 Å². The van der Waals surface area contributed by atoms with Crippen molar-refractivity contribution >= 4 is 29.6 Å². The molecule has 0 atom stereocenters. The molecular formula is C25H43N13O9. The number of hydrogen-bond donors (Lipinski definition) is 4. The number of methoxy groups -OCH3 is 1. The zero-order valence-corrected chi connectivity index (χ0v) is 26.4. The van der Waals surface area contributed by atoms with E-state index < -0.39 is 23.3 Å². The van der Waals surface area contributed by atoms with Gasteiger partial charge in [0.25, 0.3) is 0 Å². The minimum Gasteiger partial charge on any atom is -0.469 e. The van der Waals surface area contributed by atoms with Crippen LogP contribution in [0, 0.1) is 0 Å². The molecule has 0 aliphatic carbocycles. The summed E-state index contributed by atoms with van der Waals surface area (Å²) in [5, 5.41) is 15.0. The molecular weight excluding hydrogens is 626 g/mol. The van der Waals surface area contributed by atoms with Gasteiger partial charge >= 0.3 is 17.8 Å². The van der Waals surface area contributed by atoms with Crippen molar-refractivity contribution in [1.82, 2.24) is 21.5 Å². The lowest BCUT2D eigenvalue weighted by molar-refractivity contribution is -0.142. The van der Waals surface area contributed by atoms with Crippen LogP contribution >= 0.6 is 0 Å². The summed E-state index contributed by atoms with van der Waals surface area (Å²) in [6, 6.07) is 0. The average molecular weight is 670 g/mol. The molecule has 0 radical (unpaired) electrons. The van der Waals surface area contributed by atoms with Gasteiger partial charge < -0.3 is 29.6 Å². The summed E-state index contributed by atoms with van der Waals surface area (Å²) in [6.45, 7) is 1.82. The topological polar surface area (TPSA) is 317 Å². The van der Waals surface area contributed by atoms with E-state index >= 15 is 0 Å². The summed E-state index contributed by atoms with van der Waals surface area (Å²) < 4.78 is 20.6. The molecule has 0 aliphatic heterocycles. The first-order valence-electron chi connectivity index (χ1n) is 14.8. The second-order valence-electron chi connectivity index (χ2n) is 9.70. The van der Waals surface area contributed by atoms with Crippen LogP contribution in [0.4, 0.5) is 0 Å². The van der Waals surface area contributed by atoms with Gasteiger partial charge in [-0.25, -0.2) is 9.59 Å². The molecule has 0 spiro atoms. The Labute approximate surface area is 270 Å². The molecule has 0 rings (SSSR count). The molecule has 4 amide bonds. The maximum absolute atomic E-state index is 13.0. The SMILES string of the molecule is COC(=O)CCOCCOCCOCCC(=O)NC(CCC(=O)NCCCCN=[N+]=[N-])(CCC(=O)NN=[N+]=[N-])CCC(=O)NN=[N+]=[N-]. The number of nitrogens with one attached hydrogen (secondary N) is 4. The van der Waals surface area contributed by atoms with Crippen LogP contribution in [0.15, 0.2) is 15.6 Å². The fourth-order valence-corrected chi connectivity index (χ4v) is 3.88. The minimum absolute atomic E-state index is 0.0198. The molecule has 0 aromatic rings. The molecule has 4 N–H and O–H groups in total. The van der Waals surface area contributed by atoms with Gasteiger partial charge in [-0.1, -0.05) is 5.11 Å². The van der Waals surface area contributed by atoms with Crippen LogP contribution in [0.3, 0.4) is 0 Å². The number of esters is 1. The molecule has 0 saturated heterocycles. The first kappa shape index (κ1) is 42.2. The van der Waals surface area contributed by atoms with E-state index in [1.807, 2.05) is 10.9 Å². The third-order valence-corrected chi connectivity index (χ3v) is 6.30. The van der Waals surface area contributed by atoms with Gasteiger partial charge in [0.05, 0.1) is 66.0 Å². The monoisotopic (exact) mass is 669 g/mol. The summed E-state index contributed by atoms with van der Waals surface area (Å²) in [6.07, 6.45) is 0.641. The number of carbonyl (C=O) groups is 5. The van der Waals surface area contributed by atoms with Crippen LogP contribution in [-0.4, -0.2) is 95.0 Å². The zero-order valence-electron chi connectivity index (χ0n) is 26.4. The third-order valence-electron chi connectivity index (χ3n) is 6.30. The maximum atomic E-state index is 13.0. The van der Waals surface area contributed by atoms with Gasteiger partial charge in [0.2, 0.25) is 11.8 Å². The number of carbonyl (C=O) groups excluding carboxylic acids is 5. The highest BCUT2D eigenvalue weighted by molar-refractivity contribution is 5.79. The van der Waals surface area contributed by atoms with E-state index in [0.717, 1.165) is 0 Å². The molecule has 0 fully saturated rings. The van der Waals surface area contributed by atoms with Gasteiger partial charge in [-0.3, -0.25) is 14.4 Å². The number of rotatable bonds is 29. The Bertz CT molecular complexity index is 1090. The predicted molar refractivity (Wildman–Crippen MR) is 163 cm³/mol. The Balaban J connectivity index is 5.19. The molecule has 22 heteroatoms. The molecule has 0 heterocycles. The second kappa shape index (κ2) is 28.6. The Hall–Kier alpha value is -4.84. The van der Waals surface area contributed by atoms with Gasteiger partial charge in [-0.15, -0.1) is 11.1 Å². The second-order valence-corrected chi connectivity index (χ2v) is 9.70. The van der Waals surface area contributed by atoms with E-state index in [2.05, 4.69) is 45.7 Å². The summed E-state index contributed by atoms with van der Waals surface area (Å²) in [4.78, 5) is 68.7. The first-order chi connectivity index (χ1) is 22.7. The Morgan fingerprint density at radius 3 is 1.66 bits per heavy atom. The van der Waals surface area contributed by atoms with E-state index in [4.69, 9.17) is 30.8 Å². The fourth-order valence-electron chi connectivity index (χ4n) is 3.88. The molecule has 0 unspecified atom stereocenters. The van der Waals surface area contributed by atoms with Gasteiger partial charge in [-0.05, 0) is 48.1 Å². The van der Waals surface area contributed by atoms with Crippen LogP contribution in [0.5, 0.6) is 0 Å². The Morgan fingerprint density at radius 1 is 0.638 bits per heavy atom. The summed E-state index contributed by atoms with van der Waals surface area (Å²) >= 11 is 0. The molecule has 0 aliphatic rings. The fraction of sp³-hybridized carbons (Fsp3) is 0.800. The molecule has 0 aromatic carbocycles. The van der Waals surface area contributed by atoms with Crippen LogP contribution in [0.25, 0.3) is 31.3 Å². The van der Waals surface area contributed by atoms with Crippen LogP contribution in [0.2, 0.25) is 0 Å². The van der Waals surface area contributed by atoms with E-state index in [1.165, 1.54) is 7.11 Å². The maximum Gasteiger partial charge on any atom is 0.310 e. The summed E-state index contributed by atoms with van der Waals surface area (Å²) in [5.74, 6) is -2.50. The van der Waals surface area contributed by atoms with Gasteiger partial charge in [0.1, 0.15) is 0 Å². The normalized spacial score (nSPS) is 11.3. The highest BCUT2D eigenvalue weighted by Crippen LogP contribution is 2.26. The molecule has 0 bridgehead atoms. The van der Waals surface area contributed by atoms with E-state index in [1.54, 1.807) is 0 Å². The molecule has 47 heavy (non-hydrogen) atoms. The minimum atomic E-state index is -1.24. The van der Waals surface area contributed by atoms with Crippen molar-refractivity contribution in [2.75, 3.05) is 59.8 Å². The molecule has 0 aromatic heterocycles. The van der Waals surface area contributed by atoms with Crippen LogP contribution < -0.4 is 21.5 Å². The molecule has 22 nitrogen and oxygen atoms in total. The van der Waals surface area contributed by atoms with Crippen molar-refractivity contribution in [3.63, 3.8) is 0 Å². The lowest BCUT2D eigenvalue weighted by Gasteiger charge is -2.34. The lowest BCUT2D eigenvalue weighted by atomic mass is 9.83. The number of nitrogens with zero attached hydrogens (tertiary/aromatic N) is 9. The quantitative estimate of drug-likeness (QED) is 0.0226. The van der Waals surface area contributed by atoms with Gasteiger partial charge in [0, 0.05) is 36.4 Å². The van der Waals surface area contributed by atoms with E-state index in [9.17, 15) is 24.0 Å². The average Bonchev–Trinajstić information content (AvgIpc) is 3.07. The third kappa shape index (κ3) is 25.1. The Morgan fingerprint density at radius 2 is 1.15 bits per heavy atom. The standard InChI is InChI=1S/C25H43N13O9/c1-44-24(43)8-15-46-17-19-47-18-16-45-14-7-21(40)31-25(10-5-22(41)32-37-35-27,11-6-23(42)33-38-36-28)9-4-20(39)29-12-2-3-13-30-34-26/h2-19H2,1H3,(H,29,39)(H,31,40)(H,32,41)(H,33,42). The number of ether oxygens (including phenoxy) is 4. The van der Waals surface area contributed by atoms with Crippen LogP contribution in [-0.2, 0) is 42.9 Å². The highest BCUT2D eigenvalue weighted by Gasteiger charge is 2.34. The number of hydrogen-bond acceptors (Lipinski definition) is 12. The lowest BCUT2D eigenvalue weighted by Crippen LogP contribution is -2.50. The molecule has 262 valence electrons. The van der Waals surface area contributed by atoms with E-state index in [-0.39, 0.29) is 103 Å². The summed E-state index contributed by atoms with van der Waals surface area (Å²) in [5.41, 5.74) is 28.1. The van der Waals surface area contributed by atoms with Crippen molar-refractivity contribution in [2.45, 2.75) is 69.7 Å². The number of azide groups is 3. The largest absolute Gasteiger partial charge is 0.469 e. The van der Waals surface area contributed by atoms with Crippen LogP contribution in [0.1, 0.15) is 64.2 Å². The number of amides is 4. The van der Waals surface area contributed by atoms with Crippen molar-refractivity contribution in [3.05, 3.63) is 31.3 Å². The van der Waals surface area contributed by atoms with Crippen molar-refractivity contribution in [2.24, 2.45) is 15.6 Å². The highest BCUT2D eigenvalue weighted by atomic mass is 16.5. The predicted octanol–water partition coefficient (Wildman–Crippen LogP) is 2.07. The van der Waals surface area contributed by atoms with Gasteiger partial charge in [-0.2, -0.15) is 20.7 Å². The number of unbranched alkanes of at least 4 members (excludes halogenated alkanes) is 1. The molecule has 0 saturated carbocycles. The van der Waals surface area contributed by atoms with Crippen molar-refractivity contribution in [1.29, 1.82) is 0 Å². The smallest absolute Gasteiger partial charge is 0.310 e. The Kier molecular flexibility index (Phi) is 25.7. The zero-order chi connectivity index (χ0) is 35.0. The van der Waals surface area contributed by atoms with E-state index in [0.29, 0.717) is 25.9 Å². The van der Waals surface area contributed by atoms with Crippen molar-refractivity contribution in [3.8, 4) is 0 Å².